The van der Waals surface area contributed by atoms with Crippen molar-refractivity contribution in [2.45, 2.75) is 58.3 Å². The van der Waals surface area contributed by atoms with E-state index in [1.54, 1.807) is 0 Å². The number of hydrogen-bond acceptors (Lipinski definition) is 3. The highest BCUT2D eigenvalue weighted by Crippen LogP contribution is 2.22. The van der Waals surface area contributed by atoms with Gasteiger partial charge in [0.15, 0.2) is 5.78 Å². The molecule has 2 aromatic carbocycles. The van der Waals surface area contributed by atoms with E-state index in [-0.39, 0.29) is 0 Å². The zero-order chi connectivity index (χ0) is 21.5. The Morgan fingerprint density at radius 2 is 1.81 bits per heavy atom. The maximum Gasteiger partial charge on any atom is 0.162 e. The minimum atomic E-state index is 0.331. The normalized spacial score (nSPS) is 17.8. The summed E-state index contributed by atoms with van der Waals surface area (Å²) in [4.78, 5) is 15.4. The largest absolute Gasteiger partial charge is 0.317 e. The van der Waals surface area contributed by atoms with Gasteiger partial charge in [0, 0.05) is 31.6 Å². The SMILES string of the molecule is Cc1ccccc1CCN1CCc2ccc(C(=O)CCCC3CCNCC3)cc2CC1. The first-order chi connectivity index (χ1) is 15.2. The van der Waals surface area contributed by atoms with E-state index in [1.165, 1.54) is 41.5 Å². The maximum absolute atomic E-state index is 12.8. The van der Waals surface area contributed by atoms with Crippen LogP contribution in [-0.4, -0.2) is 43.4 Å². The Morgan fingerprint density at radius 3 is 2.61 bits per heavy atom. The van der Waals surface area contributed by atoms with Crippen LogP contribution in [0.1, 0.15) is 64.7 Å². The van der Waals surface area contributed by atoms with Crippen molar-refractivity contribution in [3.8, 4) is 0 Å². The summed E-state index contributed by atoms with van der Waals surface area (Å²) in [6, 6.07) is 15.2. The van der Waals surface area contributed by atoms with Crippen molar-refractivity contribution in [3.63, 3.8) is 0 Å². The lowest BCUT2D eigenvalue weighted by molar-refractivity contribution is 0.0976. The van der Waals surface area contributed by atoms with Crippen molar-refractivity contribution in [2.24, 2.45) is 5.92 Å². The number of fused-ring (bicyclic) bond motifs is 1. The molecule has 166 valence electrons. The fraction of sp³-hybridized carbons (Fsp3) is 0.536. The van der Waals surface area contributed by atoms with Gasteiger partial charge >= 0.3 is 0 Å². The Hall–Kier alpha value is -1.97. The molecule has 0 spiro atoms. The first-order valence-corrected chi connectivity index (χ1v) is 12.3. The molecule has 0 aromatic heterocycles. The predicted molar refractivity (Wildman–Crippen MR) is 129 cm³/mol. The van der Waals surface area contributed by atoms with E-state index in [9.17, 15) is 4.79 Å². The smallest absolute Gasteiger partial charge is 0.162 e. The summed E-state index contributed by atoms with van der Waals surface area (Å²) in [7, 11) is 0. The van der Waals surface area contributed by atoms with Crippen LogP contribution < -0.4 is 5.32 Å². The number of carbonyl (C=O) groups excluding carboxylic acids is 1. The third-order valence-electron chi connectivity index (χ3n) is 7.36. The van der Waals surface area contributed by atoms with Gasteiger partial charge in [-0.15, -0.1) is 0 Å². The van der Waals surface area contributed by atoms with Crippen molar-refractivity contribution in [1.29, 1.82) is 0 Å². The predicted octanol–water partition coefficient (Wildman–Crippen LogP) is 4.99. The number of piperidine rings is 1. The van der Waals surface area contributed by atoms with Crippen LogP contribution >= 0.6 is 0 Å². The van der Waals surface area contributed by atoms with Crippen LogP contribution in [-0.2, 0) is 19.3 Å². The van der Waals surface area contributed by atoms with Crippen molar-refractivity contribution >= 4 is 5.78 Å². The van der Waals surface area contributed by atoms with Gasteiger partial charge in [0.05, 0.1) is 0 Å². The molecule has 0 bridgehead atoms. The molecule has 0 atom stereocenters. The lowest BCUT2D eigenvalue weighted by Gasteiger charge is -2.22. The van der Waals surface area contributed by atoms with Crippen molar-refractivity contribution in [3.05, 3.63) is 70.3 Å². The van der Waals surface area contributed by atoms with Crippen LogP contribution in [0, 0.1) is 12.8 Å². The van der Waals surface area contributed by atoms with Gasteiger partial charge in [-0.3, -0.25) is 4.79 Å². The van der Waals surface area contributed by atoms with Crippen molar-refractivity contribution in [1.82, 2.24) is 10.2 Å². The summed E-state index contributed by atoms with van der Waals surface area (Å²) in [5.74, 6) is 1.14. The van der Waals surface area contributed by atoms with Crippen LogP contribution in [0.3, 0.4) is 0 Å². The van der Waals surface area contributed by atoms with E-state index in [2.05, 4.69) is 59.6 Å². The van der Waals surface area contributed by atoms with E-state index in [0.29, 0.717) is 12.2 Å². The molecule has 0 amide bonds. The number of rotatable bonds is 8. The average molecular weight is 419 g/mol. The van der Waals surface area contributed by atoms with Gasteiger partial charge in [-0.2, -0.15) is 0 Å². The van der Waals surface area contributed by atoms with Crippen LogP contribution in [0.15, 0.2) is 42.5 Å². The standard InChI is InChI=1S/C28H38N2O/c1-22-5-2-3-7-24(22)13-18-30-19-14-25-9-10-27(21-26(25)15-20-30)28(31)8-4-6-23-11-16-29-17-12-23/h2-3,5,7,9-10,21,23,29H,4,6,8,11-20H2,1H3. The molecule has 2 aliphatic heterocycles. The fourth-order valence-corrected chi connectivity index (χ4v) is 5.20. The van der Waals surface area contributed by atoms with Crippen LogP contribution in [0.4, 0.5) is 0 Å². The number of nitrogens with one attached hydrogen (secondary N) is 1. The van der Waals surface area contributed by atoms with Crippen LogP contribution in [0.5, 0.6) is 0 Å². The molecule has 1 fully saturated rings. The molecule has 0 saturated carbocycles. The zero-order valence-corrected chi connectivity index (χ0v) is 19.2. The molecule has 0 unspecified atom stereocenters. The molecular formula is C28H38N2O. The van der Waals surface area contributed by atoms with E-state index < -0.39 is 0 Å². The average Bonchev–Trinajstić information content (AvgIpc) is 3.01. The number of carbonyl (C=O) groups is 1. The number of aryl methyl sites for hydroxylation is 1. The molecule has 1 saturated heterocycles. The summed E-state index contributed by atoms with van der Waals surface area (Å²) in [6.07, 6.45) is 8.74. The highest BCUT2D eigenvalue weighted by atomic mass is 16.1. The summed E-state index contributed by atoms with van der Waals surface area (Å²) in [6.45, 7) is 7.81. The lowest BCUT2D eigenvalue weighted by Crippen LogP contribution is -2.28. The summed E-state index contributed by atoms with van der Waals surface area (Å²) in [5, 5.41) is 3.43. The Labute approximate surface area is 188 Å². The molecule has 3 nitrogen and oxygen atoms in total. The Morgan fingerprint density at radius 1 is 1.03 bits per heavy atom. The molecule has 1 N–H and O–H groups in total. The summed E-state index contributed by atoms with van der Waals surface area (Å²) >= 11 is 0. The first kappa shape index (κ1) is 22.2. The van der Waals surface area contributed by atoms with Crippen LogP contribution in [0.2, 0.25) is 0 Å². The third kappa shape index (κ3) is 6.27. The second-order valence-corrected chi connectivity index (χ2v) is 9.51. The molecule has 0 radical (unpaired) electrons. The van der Waals surface area contributed by atoms with Gasteiger partial charge in [-0.25, -0.2) is 0 Å². The van der Waals surface area contributed by atoms with Gasteiger partial charge in [-0.05, 0) is 99.2 Å². The minimum Gasteiger partial charge on any atom is -0.317 e. The van der Waals surface area contributed by atoms with E-state index >= 15 is 0 Å². The first-order valence-electron chi connectivity index (χ1n) is 12.3. The number of hydrogen-bond donors (Lipinski definition) is 1. The third-order valence-corrected chi connectivity index (χ3v) is 7.36. The highest BCUT2D eigenvalue weighted by Gasteiger charge is 2.17. The number of Topliss-reactive ketones (excluding diaryl/α,β-unsaturated/α-hetero) is 1. The lowest BCUT2D eigenvalue weighted by atomic mass is 9.91. The zero-order valence-electron chi connectivity index (χ0n) is 19.2. The monoisotopic (exact) mass is 418 g/mol. The highest BCUT2D eigenvalue weighted by molar-refractivity contribution is 5.96. The Bertz CT molecular complexity index is 869. The van der Waals surface area contributed by atoms with Gasteiger partial charge in [-0.1, -0.05) is 36.4 Å². The molecule has 2 heterocycles. The molecule has 3 heteroatoms. The van der Waals surface area contributed by atoms with Gasteiger partial charge in [0.2, 0.25) is 0 Å². The van der Waals surface area contributed by atoms with E-state index in [4.69, 9.17) is 0 Å². The van der Waals surface area contributed by atoms with Gasteiger partial charge in [0.1, 0.15) is 0 Å². The topological polar surface area (TPSA) is 32.3 Å². The van der Waals surface area contributed by atoms with Crippen molar-refractivity contribution < 1.29 is 4.79 Å². The Kier molecular flexibility index (Phi) is 7.93. The molecule has 31 heavy (non-hydrogen) atoms. The molecular weight excluding hydrogens is 380 g/mol. The Balaban J connectivity index is 1.27. The summed E-state index contributed by atoms with van der Waals surface area (Å²) in [5.41, 5.74) is 6.61. The van der Waals surface area contributed by atoms with E-state index in [0.717, 1.165) is 69.9 Å². The second kappa shape index (κ2) is 11.1. The fourth-order valence-electron chi connectivity index (χ4n) is 5.20. The maximum atomic E-state index is 12.8. The van der Waals surface area contributed by atoms with Gasteiger partial charge in [0.25, 0.3) is 0 Å². The number of nitrogens with zero attached hydrogens (tertiary/aromatic N) is 1. The molecule has 2 aliphatic rings. The van der Waals surface area contributed by atoms with E-state index in [1.807, 2.05) is 0 Å². The summed E-state index contributed by atoms with van der Waals surface area (Å²) < 4.78 is 0. The van der Waals surface area contributed by atoms with Crippen LogP contribution in [0.25, 0.3) is 0 Å². The molecule has 0 aliphatic carbocycles. The molecule has 2 aromatic rings. The second-order valence-electron chi connectivity index (χ2n) is 9.51. The molecule has 4 rings (SSSR count). The number of ketones is 1. The van der Waals surface area contributed by atoms with Gasteiger partial charge < -0.3 is 10.2 Å². The van der Waals surface area contributed by atoms with Crippen molar-refractivity contribution in [2.75, 3.05) is 32.7 Å². The quantitative estimate of drug-likeness (QED) is 0.613. The minimum absolute atomic E-state index is 0.331. The number of benzene rings is 2.